The molecule has 0 aliphatic carbocycles. The van der Waals surface area contributed by atoms with Crippen LogP contribution in [0.15, 0.2) is 24.3 Å². The van der Waals surface area contributed by atoms with Crippen LogP contribution in [-0.2, 0) is 17.6 Å². The molecule has 0 heterocycles. The average molecular weight is 289 g/mol. The van der Waals surface area contributed by atoms with Crippen LogP contribution in [-0.4, -0.2) is 5.91 Å². The molecule has 2 heteroatoms. The molecule has 1 aromatic carbocycles. The van der Waals surface area contributed by atoms with E-state index < -0.39 is 0 Å². The number of nitrogens with two attached hydrogens (primary N) is 1. The molecule has 21 heavy (non-hydrogen) atoms. The van der Waals surface area contributed by atoms with Crippen LogP contribution in [0.2, 0.25) is 0 Å². The summed E-state index contributed by atoms with van der Waals surface area (Å²) in [5, 5.41) is 0. The lowest BCUT2D eigenvalue weighted by molar-refractivity contribution is -0.118. The summed E-state index contributed by atoms with van der Waals surface area (Å²) in [7, 11) is 0. The van der Waals surface area contributed by atoms with Gasteiger partial charge in [-0.05, 0) is 43.2 Å². The number of carbonyl (C=O) groups excluding carboxylic acids is 1. The molecule has 0 spiro atoms. The van der Waals surface area contributed by atoms with Crippen LogP contribution in [0, 0.1) is 0 Å². The van der Waals surface area contributed by atoms with Crippen LogP contribution in [0.4, 0.5) is 0 Å². The van der Waals surface area contributed by atoms with Crippen molar-refractivity contribution in [2.24, 2.45) is 5.73 Å². The molecule has 2 N–H and O–H groups in total. The second-order valence-electron chi connectivity index (χ2n) is 6.01. The molecule has 1 rings (SSSR count). The van der Waals surface area contributed by atoms with E-state index in [-0.39, 0.29) is 5.91 Å². The lowest BCUT2D eigenvalue weighted by Gasteiger charge is -2.06. The maximum atomic E-state index is 10.6. The van der Waals surface area contributed by atoms with Crippen molar-refractivity contribution in [2.45, 2.75) is 77.6 Å². The molecule has 1 amide bonds. The topological polar surface area (TPSA) is 43.1 Å². The Bertz CT molecular complexity index is 400. The number of carbonyl (C=O) groups is 1. The van der Waals surface area contributed by atoms with Gasteiger partial charge >= 0.3 is 0 Å². The van der Waals surface area contributed by atoms with Crippen molar-refractivity contribution >= 4 is 5.91 Å². The number of hydrogen-bond acceptors (Lipinski definition) is 1. The highest BCUT2D eigenvalue weighted by atomic mass is 16.1. The zero-order chi connectivity index (χ0) is 15.3. The van der Waals surface area contributed by atoms with Gasteiger partial charge in [-0.1, -0.05) is 63.3 Å². The van der Waals surface area contributed by atoms with Crippen molar-refractivity contribution < 1.29 is 4.79 Å². The molecule has 2 nitrogen and oxygen atoms in total. The molecule has 0 fully saturated rings. The van der Waals surface area contributed by atoms with Crippen molar-refractivity contribution in [1.29, 1.82) is 0 Å². The lowest BCUT2D eigenvalue weighted by atomic mass is 10.0. The molecule has 0 atom stereocenters. The number of primary amides is 1. The first-order valence-electron chi connectivity index (χ1n) is 8.58. The Kier molecular flexibility index (Phi) is 9.60. The largest absolute Gasteiger partial charge is 0.370 e. The first-order valence-corrected chi connectivity index (χ1v) is 8.58. The van der Waals surface area contributed by atoms with Crippen molar-refractivity contribution in [3.05, 3.63) is 35.4 Å². The summed E-state index contributed by atoms with van der Waals surface area (Å²) in [6, 6.07) is 9.05. The molecule has 0 saturated heterocycles. The Labute approximate surface area is 130 Å². The summed E-state index contributed by atoms with van der Waals surface area (Å²) < 4.78 is 0. The Hall–Kier alpha value is -1.31. The minimum atomic E-state index is -0.175. The Morgan fingerprint density at radius 1 is 0.905 bits per heavy atom. The average Bonchev–Trinajstić information content (AvgIpc) is 2.47. The second kappa shape index (κ2) is 11.4. The van der Waals surface area contributed by atoms with Gasteiger partial charge in [0.25, 0.3) is 0 Å². The number of rotatable bonds is 12. The number of amides is 1. The summed E-state index contributed by atoms with van der Waals surface area (Å²) in [5.41, 5.74) is 8.07. The van der Waals surface area contributed by atoms with E-state index >= 15 is 0 Å². The molecule has 0 saturated carbocycles. The fraction of sp³-hybridized carbons (Fsp3) is 0.632. The number of benzene rings is 1. The first kappa shape index (κ1) is 17.7. The van der Waals surface area contributed by atoms with Crippen LogP contribution in [0.25, 0.3) is 0 Å². The molecular formula is C19H31NO. The molecule has 0 aromatic heterocycles. The second-order valence-corrected chi connectivity index (χ2v) is 6.01. The van der Waals surface area contributed by atoms with Crippen molar-refractivity contribution in [2.75, 3.05) is 0 Å². The molecule has 0 bridgehead atoms. The van der Waals surface area contributed by atoms with Crippen molar-refractivity contribution in [3.8, 4) is 0 Å². The third kappa shape index (κ3) is 9.28. The minimum Gasteiger partial charge on any atom is -0.370 e. The molecule has 0 radical (unpaired) electrons. The Morgan fingerprint density at radius 2 is 1.48 bits per heavy atom. The van der Waals surface area contributed by atoms with E-state index in [0.29, 0.717) is 6.42 Å². The third-order valence-corrected chi connectivity index (χ3v) is 3.95. The van der Waals surface area contributed by atoms with E-state index in [2.05, 4.69) is 31.2 Å². The predicted molar refractivity (Wildman–Crippen MR) is 90.3 cm³/mol. The maximum absolute atomic E-state index is 10.6. The van der Waals surface area contributed by atoms with Crippen LogP contribution in [0.1, 0.15) is 75.8 Å². The van der Waals surface area contributed by atoms with Gasteiger partial charge in [0.15, 0.2) is 0 Å². The zero-order valence-electron chi connectivity index (χ0n) is 13.6. The summed E-state index contributed by atoms with van der Waals surface area (Å²) in [6.07, 6.45) is 12.7. The summed E-state index contributed by atoms with van der Waals surface area (Å²) >= 11 is 0. The van der Waals surface area contributed by atoms with Crippen LogP contribution >= 0.6 is 0 Å². The first-order chi connectivity index (χ1) is 10.2. The van der Waals surface area contributed by atoms with E-state index in [1.54, 1.807) is 0 Å². The molecule has 0 aliphatic heterocycles. The fourth-order valence-electron chi connectivity index (χ4n) is 2.68. The lowest BCUT2D eigenvalue weighted by Crippen LogP contribution is -2.09. The van der Waals surface area contributed by atoms with Gasteiger partial charge in [0.1, 0.15) is 0 Å². The maximum Gasteiger partial charge on any atom is 0.217 e. The van der Waals surface area contributed by atoms with Gasteiger partial charge in [0, 0.05) is 6.42 Å². The Balaban J connectivity index is 2.18. The predicted octanol–water partition coefficient (Wildman–Crippen LogP) is 4.79. The Morgan fingerprint density at radius 3 is 2.05 bits per heavy atom. The van der Waals surface area contributed by atoms with Crippen molar-refractivity contribution in [3.63, 3.8) is 0 Å². The minimum absolute atomic E-state index is 0.175. The highest BCUT2D eigenvalue weighted by Gasteiger charge is 1.99. The molecule has 118 valence electrons. The van der Waals surface area contributed by atoms with E-state index in [9.17, 15) is 4.79 Å². The van der Waals surface area contributed by atoms with Gasteiger partial charge in [-0.2, -0.15) is 0 Å². The summed E-state index contributed by atoms with van der Waals surface area (Å²) in [6.45, 7) is 2.25. The molecule has 1 aromatic rings. The normalized spacial score (nSPS) is 10.7. The quantitative estimate of drug-likeness (QED) is 0.552. The van der Waals surface area contributed by atoms with Crippen molar-refractivity contribution in [1.82, 2.24) is 0 Å². The van der Waals surface area contributed by atoms with Gasteiger partial charge < -0.3 is 5.73 Å². The van der Waals surface area contributed by atoms with Gasteiger partial charge in [-0.15, -0.1) is 0 Å². The molecule has 0 aliphatic rings. The molecule has 0 unspecified atom stereocenters. The van der Waals surface area contributed by atoms with E-state index in [1.165, 1.54) is 56.1 Å². The zero-order valence-corrected chi connectivity index (χ0v) is 13.6. The number of unbranched alkanes of at least 4 members (excludes halogenated alkanes) is 6. The van der Waals surface area contributed by atoms with Crippen LogP contribution in [0.3, 0.4) is 0 Å². The molecular weight excluding hydrogens is 258 g/mol. The highest BCUT2D eigenvalue weighted by Crippen LogP contribution is 2.13. The van der Waals surface area contributed by atoms with Crippen LogP contribution in [0.5, 0.6) is 0 Å². The standard InChI is InChI=1S/C19H31NO/c1-2-3-4-7-11-17-13-10-14-18(16-17)12-8-5-6-9-15-19(20)21/h10,13-14,16H,2-9,11-12,15H2,1H3,(H2,20,21). The van der Waals surface area contributed by atoms with Gasteiger partial charge in [0.2, 0.25) is 5.91 Å². The van der Waals surface area contributed by atoms with Gasteiger partial charge in [-0.3, -0.25) is 4.79 Å². The number of aryl methyl sites for hydroxylation is 2. The summed E-state index contributed by atoms with van der Waals surface area (Å²) in [5.74, 6) is -0.175. The van der Waals surface area contributed by atoms with Gasteiger partial charge in [-0.25, -0.2) is 0 Å². The van der Waals surface area contributed by atoms with Gasteiger partial charge in [0.05, 0.1) is 0 Å². The van der Waals surface area contributed by atoms with Crippen LogP contribution < -0.4 is 5.73 Å². The van der Waals surface area contributed by atoms with E-state index in [0.717, 1.165) is 19.3 Å². The SMILES string of the molecule is CCCCCCc1cccc(CCCCCCC(N)=O)c1. The number of hydrogen-bond donors (Lipinski definition) is 1. The fourth-order valence-corrected chi connectivity index (χ4v) is 2.68. The van der Waals surface area contributed by atoms with E-state index in [4.69, 9.17) is 5.73 Å². The smallest absolute Gasteiger partial charge is 0.217 e. The monoisotopic (exact) mass is 289 g/mol. The highest BCUT2D eigenvalue weighted by molar-refractivity contribution is 5.73. The third-order valence-electron chi connectivity index (χ3n) is 3.95. The van der Waals surface area contributed by atoms with E-state index in [1.807, 2.05) is 0 Å². The summed E-state index contributed by atoms with van der Waals surface area (Å²) in [4.78, 5) is 10.6.